The highest BCUT2D eigenvalue weighted by molar-refractivity contribution is 5.68. The maximum atomic E-state index is 12.5. The zero-order valence-electron chi connectivity index (χ0n) is 15.4. The van der Waals surface area contributed by atoms with Crippen LogP contribution in [0.2, 0.25) is 0 Å². The molecule has 0 radical (unpaired) electrons. The summed E-state index contributed by atoms with van der Waals surface area (Å²) in [5, 5.41) is 3.54. The molecule has 0 aromatic heterocycles. The average molecular weight is 354 g/mol. The van der Waals surface area contributed by atoms with Gasteiger partial charge < -0.3 is 19.7 Å². The standard InChI is InChI=1S/C21H26N2O3/c1-21(25-2)16-23(20(24)26-15-17-9-5-3-6-10-17)14-13-19(21)22-18-11-7-4-8-12-18/h3-12,19,22H,13-16H2,1-2H3. The Morgan fingerprint density at radius 3 is 2.46 bits per heavy atom. The number of hydrogen-bond donors (Lipinski definition) is 1. The molecule has 1 fully saturated rings. The molecule has 1 N–H and O–H groups in total. The van der Waals surface area contributed by atoms with Crippen molar-refractivity contribution < 1.29 is 14.3 Å². The molecule has 5 nitrogen and oxygen atoms in total. The number of nitrogens with zero attached hydrogens (tertiary/aromatic N) is 1. The monoisotopic (exact) mass is 354 g/mol. The van der Waals surface area contributed by atoms with Crippen LogP contribution in [0.5, 0.6) is 0 Å². The Kier molecular flexibility index (Phi) is 5.78. The highest BCUT2D eigenvalue weighted by atomic mass is 16.6. The van der Waals surface area contributed by atoms with Gasteiger partial charge in [0.25, 0.3) is 0 Å². The van der Waals surface area contributed by atoms with Crippen molar-refractivity contribution in [1.29, 1.82) is 0 Å². The number of hydrogen-bond acceptors (Lipinski definition) is 4. The third-order valence-electron chi connectivity index (χ3n) is 4.97. The van der Waals surface area contributed by atoms with Gasteiger partial charge in [-0.1, -0.05) is 48.5 Å². The first-order valence-electron chi connectivity index (χ1n) is 8.93. The largest absolute Gasteiger partial charge is 0.445 e. The Hall–Kier alpha value is -2.53. The number of nitrogens with one attached hydrogen (secondary N) is 1. The van der Waals surface area contributed by atoms with E-state index in [0.717, 1.165) is 17.7 Å². The minimum atomic E-state index is -0.486. The lowest BCUT2D eigenvalue weighted by Crippen LogP contribution is -2.60. The molecule has 26 heavy (non-hydrogen) atoms. The van der Waals surface area contributed by atoms with Crippen molar-refractivity contribution in [2.24, 2.45) is 0 Å². The third-order valence-corrected chi connectivity index (χ3v) is 4.97. The van der Waals surface area contributed by atoms with Crippen LogP contribution in [0.3, 0.4) is 0 Å². The molecule has 3 rings (SSSR count). The van der Waals surface area contributed by atoms with E-state index in [-0.39, 0.29) is 18.7 Å². The summed E-state index contributed by atoms with van der Waals surface area (Å²) >= 11 is 0. The Balaban J connectivity index is 1.59. The number of benzene rings is 2. The number of amides is 1. The third kappa shape index (κ3) is 4.35. The number of likely N-dealkylation sites (tertiary alicyclic amines) is 1. The topological polar surface area (TPSA) is 50.8 Å². The number of piperidine rings is 1. The summed E-state index contributed by atoms with van der Waals surface area (Å²) in [6.45, 7) is 3.44. The van der Waals surface area contributed by atoms with E-state index in [4.69, 9.17) is 9.47 Å². The first-order chi connectivity index (χ1) is 12.6. The van der Waals surface area contributed by atoms with Crippen LogP contribution in [0.1, 0.15) is 18.9 Å². The van der Waals surface area contributed by atoms with Gasteiger partial charge in [-0.3, -0.25) is 0 Å². The maximum Gasteiger partial charge on any atom is 0.410 e. The molecule has 1 aliphatic rings. The van der Waals surface area contributed by atoms with Crippen molar-refractivity contribution in [1.82, 2.24) is 4.90 Å². The minimum Gasteiger partial charge on any atom is -0.445 e. The Bertz CT molecular complexity index is 708. The number of para-hydroxylation sites is 1. The fraction of sp³-hybridized carbons (Fsp3) is 0.381. The lowest BCUT2D eigenvalue weighted by molar-refractivity contribution is -0.0570. The molecule has 5 heteroatoms. The lowest BCUT2D eigenvalue weighted by atomic mass is 9.88. The molecule has 0 bridgehead atoms. The second-order valence-electron chi connectivity index (χ2n) is 6.83. The summed E-state index contributed by atoms with van der Waals surface area (Å²) in [5.41, 5.74) is 1.55. The highest BCUT2D eigenvalue weighted by Crippen LogP contribution is 2.28. The van der Waals surface area contributed by atoms with E-state index in [1.54, 1.807) is 12.0 Å². The van der Waals surface area contributed by atoms with E-state index in [9.17, 15) is 4.79 Å². The summed E-state index contributed by atoms with van der Waals surface area (Å²) < 4.78 is 11.3. The van der Waals surface area contributed by atoms with Gasteiger partial charge in [-0.15, -0.1) is 0 Å². The molecule has 1 amide bonds. The molecular weight excluding hydrogens is 328 g/mol. The van der Waals surface area contributed by atoms with Crippen LogP contribution in [0.15, 0.2) is 60.7 Å². The van der Waals surface area contributed by atoms with Gasteiger partial charge in [0.2, 0.25) is 0 Å². The van der Waals surface area contributed by atoms with Crippen LogP contribution in [-0.2, 0) is 16.1 Å². The number of methoxy groups -OCH3 is 1. The van der Waals surface area contributed by atoms with Gasteiger partial charge in [-0.25, -0.2) is 4.79 Å². The summed E-state index contributed by atoms with van der Waals surface area (Å²) in [6.07, 6.45) is 0.495. The van der Waals surface area contributed by atoms with Crippen molar-refractivity contribution in [3.05, 3.63) is 66.2 Å². The second-order valence-corrected chi connectivity index (χ2v) is 6.83. The van der Waals surface area contributed by atoms with Gasteiger partial charge >= 0.3 is 6.09 Å². The highest BCUT2D eigenvalue weighted by Gasteiger charge is 2.42. The SMILES string of the molecule is COC1(C)CN(C(=O)OCc2ccccc2)CCC1Nc1ccccc1. The van der Waals surface area contributed by atoms with Crippen molar-refractivity contribution in [3.8, 4) is 0 Å². The van der Waals surface area contributed by atoms with Crippen LogP contribution >= 0.6 is 0 Å². The molecule has 2 aromatic carbocycles. The van der Waals surface area contributed by atoms with Crippen LogP contribution in [-0.4, -0.2) is 42.8 Å². The number of ether oxygens (including phenoxy) is 2. The van der Waals surface area contributed by atoms with E-state index in [1.807, 2.05) is 67.6 Å². The van der Waals surface area contributed by atoms with E-state index in [2.05, 4.69) is 5.32 Å². The Morgan fingerprint density at radius 1 is 1.15 bits per heavy atom. The molecule has 0 aliphatic carbocycles. The molecule has 2 atom stereocenters. The second kappa shape index (κ2) is 8.23. The molecule has 0 spiro atoms. The molecule has 2 aromatic rings. The predicted molar refractivity (Wildman–Crippen MR) is 102 cm³/mol. The first kappa shape index (κ1) is 18.3. The van der Waals surface area contributed by atoms with Gasteiger partial charge in [-0.2, -0.15) is 0 Å². The Morgan fingerprint density at radius 2 is 1.81 bits per heavy atom. The van der Waals surface area contributed by atoms with Gasteiger partial charge in [0.1, 0.15) is 12.2 Å². The minimum absolute atomic E-state index is 0.119. The fourth-order valence-corrected chi connectivity index (χ4v) is 3.29. The van der Waals surface area contributed by atoms with Crippen molar-refractivity contribution >= 4 is 11.8 Å². The average Bonchev–Trinajstić information content (AvgIpc) is 2.69. The first-order valence-corrected chi connectivity index (χ1v) is 8.93. The van der Waals surface area contributed by atoms with Crippen LogP contribution < -0.4 is 5.32 Å². The molecule has 138 valence electrons. The van der Waals surface area contributed by atoms with E-state index < -0.39 is 5.60 Å². The van der Waals surface area contributed by atoms with Crippen LogP contribution in [0.25, 0.3) is 0 Å². The van der Waals surface area contributed by atoms with Gasteiger partial charge in [0, 0.05) is 19.3 Å². The van der Waals surface area contributed by atoms with Gasteiger partial charge in [0.15, 0.2) is 0 Å². The van der Waals surface area contributed by atoms with E-state index >= 15 is 0 Å². The van der Waals surface area contributed by atoms with E-state index in [0.29, 0.717) is 13.1 Å². The maximum absolute atomic E-state index is 12.5. The number of anilines is 1. The van der Waals surface area contributed by atoms with Gasteiger partial charge in [0.05, 0.1) is 12.6 Å². The molecule has 1 heterocycles. The summed E-state index contributed by atoms with van der Waals surface area (Å²) in [7, 11) is 1.69. The van der Waals surface area contributed by atoms with E-state index in [1.165, 1.54) is 0 Å². The Labute approximate surface area is 154 Å². The zero-order valence-corrected chi connectivity index (χ0v) is 15.4. The summed E-state index contributed by atoms with van der Waals surface area (Å²) in [6, 6.07) is 19.9. The predicted octanol–water partition coefficient (Wildman–Crippen LogP) is 3.91. The van der Waals surface area contributed by atoms with Crippen molar-refractivity contribution in [2.45, 2.75) is 31.6 Å². The number of carbonyl (C=O) groups is 1. The fourth-order valence-electron chi connectivity index (χ4n) is 3.29. The molecule has 0 saturated carbocycles. The quantitative estimate of drug-likeness (QED) is 0.884. The van der Waals surface area contributed by atoms with Gasteiger partial charge in [-0.05, 0) is 31.0 Å². The summed E-state index contributed by atoms with van der Waals surface area (Å²) in [5.74, 6) is 0. The lowest BCUT2D eigenvalue weighted by Gasteiger charge is -2.45. The van der Waals surface area contributed by atoms with Crippen LogP contribution in [0.4, 0.5) is 10.5 Å². The molecule has 1 aliphatic heterocycles. The van der Waals surface area contributed by atoms with Crippen LogP contribution in [0, 0.1) is 0 Å². The molecule has 2 unspecified atom stereocenters. The molecular formula is C21H26N2O3. The number of rotatable bonds is 5. The van der Waals surface area contributed by atoms with Crippen molar-refractivity contribution in [2.75, 3.05) is 25.5 Å². The summed E-state index contributed by atoms with van der Waals surface area (Å²) in [4.78, 5) is 14.2. The smallest absolute Gasteiger partial charge is 0.410 e. The van der Waals surface area contributed by atoms with Crippen molar-refractivity contribution in [3.63, 3.8) is 0 Å². The zero-order chi connectivity index (χ0) is 18.4. The number of carbonyl (C=O) groups excluding carboxylic acids is 1. The normalized spacial score (nSPS) is 22.7. The molecule has 1 saturated heterocycles.